The first-order valence-corrected chi connectivity index (χ1v) is 18.7. The Balaban J connectivity index is 1.19. The molecule has 3 aromatic heterocycles. The number of hydrogen-bond acceptors (Lipinski definition) is 8. The Bertz CT molecular complexity index is 2120. The number of piperidine rings is 1. The molecule has 1 N–H and O–H groups in total. The molecular formula is C39H40BrN7O4. The van der Waals surface area contributed by atoms with Gasteiger partial charge >= 0.3 is 0 Å². The number of benzene rings is 1. The lowest BCUT2D eigenvalue weighted by molar-refractivity contribution is -0.138. The minimum Gasteiger partial charge on any atom is -0.325 e. The fraction of sp³-hybridized carbons (Fsp3) is 0.436. The summed E-state index contributed by atoms with van der Waals surface area (Å²) in [5.74, 6) is 1.06. The van der Waals surface area contributed by atoms with E-state index in [0.717, 1.165) is 54.4 Å². The van der Waals surface area contributed by atoms with E-state index in [9.17, 15) is 19.2 Å². The third-order valence-corrected chi connectivity index (χ3v) is 11.5. The predicted octanol–water partition coefficient (Wildman–Crippen LogP) is 6.67. The molecule has 2 aliphatic carbocycles. The van der Waals surface area contributed by atoms with E-state index in [0.29, 0.717) is 65.2 Å². The number of aryl methyl sites for hydroxylation is 1. The zero-order valence-corrected chi connectivity index (χ0v) is 30.4. The van der Waals surface area contributed by atoms with E-state index in [2.05, 4.69) is 48.4 Å². The maximum absolute atomic E-state index is 14.6. The molecule has 1 saturated heterocycles. The van der Waals surface area contributed by atoms with Crippen LogP contribution in [0.25, 0.3) is 22.0 Å². The third-order valence-electron chi connectivity index (χ3n) is 11.0. The molecule has 4 aromatic rings. The van der Waals surface area contributed by atoms with Crippen LogP contribution in [-0.2, 0) is 27.3 Å². The normalized spacial score (nSPS) is 23.6. The van der Waals surface area contributed by atoms with E-state index in [1.54, 1.807) is 22.0 Å². The van der Waals surface area contributed by atoms with Crippen molar-refractivity contribution in [3.63, 3.8) is 0 Å². The summed E-state index contributed by atoms with van der Waals surface area (Å²) < 4.78 is 2.27. The van der Waals surface area contributed by atoms with Gasteiger partial charge in [0.2, 0.25) is 11.8 Å². The third kappa shape index (κ3) is 6.54. The van der Waals surface area contributed by atoms with Crippen molar-refractivity contribution in [3.05, 3.63) is 76.1 Å². The molecule has 0 radical (unpaired) electrons. The van der Waals surface area contributed by atoms with Crippen LogP contribution in [0.1, 0.15) is 98.1 Å². The number of nitrogens with zero attached hydrogens (tertiary/aromatic N) is 6. The highest BCUT2D eigenvalue weighted by molar-refractivity contribution is 9.10. The van der Waals surface area contributed by atoms with E-state index < -0.39 is 6.04 Å². The summed E-state index contributed by atoms with van der Waals surface area (Å²) in [6, 6.07) is 7.00. The summed E-state index contributed by atoms with van der Waals surface area (Å²) in [7, 11) is 0. The van der Waals surface area contributed by atoms with Gasteiger partial charge in [-0.25, -0.2) is 15.0 Å². The van der Waals surface area contributed by atoms with E-state index in [-0.39, 0.29) is 47.1 Å². The first-order valence-electron chi connectivity index (χ1n) is 17.9. The Morgan fingerprint density at radius 3 is 2.59 bits per heavy atom. The van der Waals surface area contributed by atoms with Crippen LogP contribution in [0.4, 0.5) is 5.82 Å². The standard InChI is InChI=1S/C39H40BrN7O4/c1-22(48)35-30-16-26(27-19-41-23(2)42-20-27)15-25-7-5-3-4-6-8-28(49)13-14-39-17-31(47(32(39)18-39)34(50)21-46(45-35)36(25)30)38(51)44-37-29(24-9-10-24)11-12-33(40)43-37/h3,5,11-12,15-16,19-20,24,31-32H,4,6-10,13-14,17-18,21H2,1-2H3,(H,43,44,51)/t31-,32+,39-/m0/s1. The number of hydrogen-bond donors (Lipinski definition) is 1. The second-order valence-corrected chi connectivity index (χ2v) is 15.5. The van der Waals surface area contributed by atoms with E-state index >= 15 is 0 Å². The van der Waals surface area contributed by atoms with Gasteiger partial charge in [0, 0.05) is 49.2 Å². The number of rotatable bonds is 5. The monoisotopic (exact) mass is 749 g/mol. The van der Waals surface area contributed by atoms with Crippen LogP contribution in [0, 0.1) is 12.3 Å². The first kappa shape index (κ1) is 33.6. The highest BCUT2D eigenvalue weighted by atomic mass is 79.9. The van der Waals surface area contributed by atoms with Crippen molar-refractivity contribution in [2.45, 2.75) is 103 Å². The second-order valence-electron chi connectivity index (χ2n) is 14.7. The van der Waals surface area contributed by atoms with Crippen LogP contribution in [0.5, 0.6) is 0 Å². The number of carbonyl (C=O) groups is 4. The van der Waals surface area contributed by atoms with Gasteiger partial charge in [0.05, 0.1) is 5.52 Å². The maximum Gasteiger partial charge on any atom is 0.248 e. The average molecular weight is 751 g/mol. The molecular weight excluding hydrogens is 710 g/mol. The molecule has 2 aliphatic heterocycles. The van der Waals surface area contributed by atoms with Crippen molar-refractivity contribution in [3.8, 4) is 11.1 Å². The number of nitrogens with one attached hydrogen (secondary N) is 1. The summed E-state index contributed by atoms with van der Waals surface area (Å²) >= 11 is 3.45. The summed E-state index contributed by atoms with van der Waals surface area (Å²) in [5, 5.41) is 8.50. The summed E-state index contributed by atoms with van der Waals surface area (Å²) in [4.78, 5) is 69.9. The molecule has 0 spiro atoms. The van der Waals surface area contributed by atoms with E-state index in [4.69, 9.17) is 5.10 Å². The molecule has 51 heavy (non-hydrogen) atoms. The molecule has 11 nitrogen and oxygen atoms in total. The van der Waals surface area contributed by atoms with Gasteiger partial charge in [0.25, 0.3) is 0 Å². The van der Waals surface area contributed by atoms with Crippen molar-refractivity contribution in [1.29, 1.82) is 0 Å². The molecule has 1 aromatic carbocycles. The number of Topliss-reactive ketones (excluding diaryl/α,β-unsaturated/α-hetero) is 2. The van der Waals surface area contributed by atoms with Crippen molar-refractivity contribution >= 4 is 56.0 Å². The van der Waals surface area contributed by atoms with Crippen molar-refractivity contribution in [2.24, 2.45) is 5.41 Å². The molecule has 3 atom stereocenters. The van der Waals surface area contributed by atoms with E-state index in [1.165, 1.54) is 6.92 Å². The maximum atomic E-state index is 14.6. The zero-order chi connectivity index (χ0) is 35.4. The molecule has 3 fully saturated rings. The van der Waals surface area contributed by atoms with Gasteiger partial charge in [0.15, 0.2) is 5.78 Å². The van der Waals surface area contributed by atoms with Crippen molar-refractivity contribution in [1.82, 2.24) is 29.6 Å². The van der Waals surface area contributed by atoms with Gasteiger partial charge in [-0.05, 0) is 120 Å². The fourth-order valence-electron chi connectivity index (χ4n) is 8.16. The molecule has 4 aliphatic rings. The lowest BCUT2D eigenvalue weighted by Crippen LogP contribution is -2.47. The number of carbonyl (C=O) groups excluding carboxylic acids is 4. The quantitative estimate of drug-likeness (QED) is 0.136. The van der Waals surface area contributed by atoms with Gasteiger partial charge in [0.1, 0.15) is 40.3 Å². The van der Waals surface area contributed by atoms with E-state index in [1.807, 2.05) is 31.2 Å². The largest absolute Gasteiger partial charge is 0.325 e. The smallest absolute Gasteiger partial charge is 0.248 e. The average Bonchev–Trinajstić information content (AvgIpc) is 4.01. The first-order chi connectivity index (χ1) is 24.6. The minimum absolute atomic E-state index is 0.134. The van der Waals surface area contributed by atoms with Crippen molar-refractivity contribution < 1.29 is 19.2 Å². The minimum atomic E-state index is -0.720. The Labute approximate surface area is 304 Å². The molecule has 2 bridgehead atoms. The highest BCUT2D eigenvalue weighted by Gasteiger charge is 2.66. The topological polar surface area (TPSA) is 140 Å². The Morgan fingerprint density at radius 1 is 1.02 bits per heavy atom. The van der Waals surface area contributed by atoms with Crippen LogP contribution in [0.15, 0.2) is 53.4 Å². The Hall–Kier alpha value is -4.58. The van der Waals surface area contributed by atoms with Crippen LogP contribution in [0.3, 0.4) is 0 Å². The molecule has 262 valence electrons. The molecule has 0 unspecified atom stereocenters. The lowest BCUT2D eigenvalue weighted by atomic mass is 9.92. The number of pyridine rings is 1. The summed E-state index contributed by atoms with van der Waals surface area (Å²) in [5.41, 5.74) is 4.28. The van der Waals surface area contributed by atoms with Gasteiger partial charge in [-0.15, -0.1) is 0 Å². The molecule has 2 saturated carbocycles. The number of halogens is 1. The summed E-state index contributed by atoms with van der Waals surface area (Å²) in [6.07, 6.45) is 14.7. The fourth-order valence-corrected chi connectivity index (χ4v) is 8.47. The highest BCUT2D eigenvalue weighted by Crippen LogP contribution is 2.62. The van der Waals surface area contributed by atoms with Crippen LogP contribution >= 0.6 is 15.9 Å². The number of ketones is 2. The molecule has 5 heterocycles. The number of amides is 2. The number of allylic oxidation sites excluding steroid dienone is 2. The SMILES string of the molecule is CC(=O)c1nn2c3c(cc(-c4cnc(C)nc4)cc13)CC=CCCCC(=O)CC[C@@]13C[C@@H](C(=O)Nc4nc(Br)ccc4C4CC4)N(C(=O)C2)[C@@H]1C3. The second kappa shape index (κ2) is 13.2. The predicted molar refractivity (Wildman–Crippen MR) is 195 cm³/mol. The number of aromatic nitrogens is 5. The molecule has 12 heteroatoms. The van der Waals surface area contributed by atoms with Crippen molar-refractivity contribution in [2.75, 3.05) is 5.32 Å². The molecule has 2 amide bonds. The number of anilines is 1. The van der Waals surface area contributed by atoms with Crippen LogP contribution in [0.2, 0.25) is 0 Å². The molecule has 8 rings (SSSR count). The Morgan fingerprint density at radius 2 is 1.82 bits per heavy atom. The van der Waals surface area contributed by atoms with Crippen LogP contribution in [-0.4, -0.2) is 65.1 Å². The van der Waals surface area contributed by atoms with Gasteiger partial charge in [-0.1, -0.05) is 18.2 Å². The van der Waals surface area contributed by atoms with Gasteiger partial charge in [-0.3, -0.25) is 23.9 Å². The van der Waals surface area contributed by atoms with Gasteiger partial charge in [-0.2, -0.15) is 5.10 Å². The van der Waals surface area contributed by atoms with Gasteiger partial charge < -0.3 is 10.2 Å². The zero-order valence-electron chi connectivity index (χ0n) is 28.8. The lowest BCUT2D eigenvalue weighted by Gasteiger charge is -2.27. The Kier molecular flexibility index (Phi) is 8.68. The van der Waals surface area contributed by atoms with Crippen LogP contribution < -0.4 is 5.32 Å². The summed E-state index contributed by atoms with van der Waals surface area (Å²) in [6.45, 7) is 3.18.